The number of nitrogens with zero attached hydrogens (tertiary/aromatic N) is 1. The van der Waals surface area contributed by atoms with Crippen molar-refractivity contribution in [3.05, 3.63) is 34.3 Å². The minimum Gasteiger partial charge on any atom is -0.480 e. The lowest BCUT2D eigenvalue weighted by Crippen LogP contribution is -2.31. The van der Waals surface area contributed by atoms with Gasteiger partial charge in [0.15, 0.2) is 0 Å². The zero-order chi connectivity index (χ0) is 11.5. The fourth-order valence-corrected chi connectivity index (χ4v) is 2.18. The van der Waals surface area contributed by atoms with Gasteiger partial charge in [-0.1, -0.05) is 34.1 Å². The van der Waals surface area contributed by atoms with Gasteiger partial charge in [0.05, 0.1) is 6.54 Å². The smallest absolute Gasteiger partial charge is 0.317 e. The SMILES string of the molecule is O=C(O)CN(Cc1ccccc1Br)C1CC1. The number of hydrogen-bond donors (Lipinski definition) is 1. The summed E-state index contributed by atoms with van der Waals surface area (Å²) in [6, 6.07) is 8.42. The predicted molar refractivity (Wildman–Crippen MR) is 65.2 cm³/mol. The van der Waals surface area contributed by atoms with Crippen LogP contribution in [0, 0.1) is 0 Å². The summed E-state index contributed by atoms with van der Waals surface area (Å²) in [7, 11) is 0. The maximum Gasteiger partial charge on any atom is 0.317 e. The first-order valence-electron chi connectivity index (χ1n) is 5.36. The standard InChI is InChI=1S/C12H14BrNO2/c13-11-4-2-1-3-9(11)7-14(8-12(15)16)10-5-6-10/h1-4,10H,5-8H2,(H,15,16). The van der Waals surface area contributed by atoms with Crippen LogP contribution in [0.15, 0.2) is 28.7 Å². The molecular formula is C12H14BrNO2. The second-order valence-corrected chi connectivity index (χ2v) is 4.98. The lowest BCUT2D eigenvalue weighted by molar-refractivity contribution is -0.138. The van der Waals surface area contributed by atoms with Crippen LogP contribution in [0.2, 0.25) is 0 Å². The fraction of sp³-hybridized carbons (Fsp3) is 0.417. The van der Waals surface area contributed by atoms with E-state index in [1.807, 2.05) is 29.2 Å². The molecule has 0 aromatic heterocycles. The van der Waals surface area contributed by atoms with Gasteiger partial charge in [-0.25, -0.2) is 0 Å². The Bertz CT molecular complexity index is 390. The van der Waals surface area contributed by atoms with Crippen LogP contribution < -0.4 is 0 Å². The summed E-state index contributed by atoms with van der Waals surface area (Å²) in [6.45, 7) is 0.838. The second-order valence-electron chi connectivity index (χ2n) is 4.12. The number of hydrogen-bond acceptors (Lipinski definition) is 2. The molecule has 1 saturated carbocycles. The van der Waals surface area contributed by atoms with Crippen molar-refractivity contribution in [2.45, 2.75) is 25.4 Å². The maximum absolute atomic E-state index is 10.8. The van der Waals surface area contributed by atoms with Gasteiger partial charge in [-0.05, 0) is 24.5 Å². The minimum atomic E-state index is -0.751. The minimum absolute atomic E-state index is 0.131. The third-order valence-electron chi connectivity index (χ3n) is 2.73. The van der Waals surface area contributed by atoms with Crippen molar-refractivity contribution in [1.82, 2.24) is 4.90 Å². The van der Waals surface area contributed by atoms with Crippen LogP contribution in [0.1, 0.15) is 18.4 Å². The first-order valence-corrected chi connectivity index (χ1v) is 6.15. The third-order valence-corrected chi connectivity index (χ3v) is 3.51. The number of aliphatic carboxylic acids is 1. The molecule has 0 unspecified atom stereocenters. The lowest BCUT2D eigenvalue weighted by Gasteiger charge is -2.20. The van der Waals surface area contributed by atoms with E-state index in [9.17, 15) is 4.79 Å². The molecule has 0 aliphatic heterocycles. The van der Waals surface area contributed by atoms with E-state index in [2.05, 4.69) is 15.9 Å². The van der Waals surface area contributed by atoms with E-state index in [1.165, 1.54) is 0 Å². The Hall–Kier alpha value is -0.870. The van der Waals surface area contributed by atoms with Gasteiger partial charge in [-0.3, -0.25) is 9.69 Å². The summed E-state index contributed by atoms with van der Waals surface area (Å²) in [4.78, 5) is 12.8. The second kappa shape index (κ2) is 4.97. The predicted octanol–water partition coefficient (Wildman–Crippen LogP) is 2.50. The van der Waals surface area contributed by atoms with E-state index in [4.69, 9.17) is 5.11 Å². The van der Waals surface area contributed by atoms with Gasteiger partial charge in [-0.2, -0.15) is 0 Å². The molecule has 0 radical (unpaired) electrons. The van der Waals surface area contributed by atoms with Crippen LogP contribution >= 0.6 is 15.9 Å². The molecule has 0 spiro atoms. The normalized spacial score (nSPS) is 15.4. The summed E-state index contributed by atoms with van der Waals surface area (Å²) < 4.78 is 1.05. The Labute approximate surface area is 103 Å². The van der Waals surface area contributed by atoms with Crippen LogP contribution in [0.3, 0.4) is 0 Å². The number of benzene rings is 1. The first-order chi connectivity index (χ1) is 7.66. The largest absolute Gasteiger partial charge is 0.480 e. The average molecular weight is 284 g/mol. The van der Waals surface area contributed by atoms with Crippen LogP contribution in [0.5, 0.6) is 0 Å². The topological polar surface area (TPSA) is 40.5 Å². The lowest BCUT2D eigenvalue weighted by atomic mass is 10.2. The monoisotopic (exact) mass is 283 g/mol. The molecule has 1 aliphatic rings. The van der Waals surface area contributed by atoms with E-state index in [1.54, 1.807) is 0 Å². The summed E-state index contributed by atoms with van der Waals surface area (Å²) in [5, 5.41) is 8.85. The van der Waals surface area contributed by atoms with Crippen molar-refractivity contribution in [2.75, 3.05) is 6.54 Å². The van der Waals surface area contributed by atoms with Crippen LogP contribution in [0.4, 0.5) is 0 Å². The summed E-state index contributed by atoms with van der Waals surface area (Å²) >= 11 is 3.49. The van der Waals surface area contributed by atoms with Gasteiger partial charge in [0.2, 0.25) is 0 Å². The molecule has 0 bridgehead atoms. The van der Waals surface area contributed by atoms with Crippen molar-refractivity contribution in [2.24, 2.45) is 0 Å². The first kappa shape index (κ1) is 11.6. The highest BCUT2D eigenvalue weighted by Gasteiger charge is 2.30. The molecule has 0 heterocycles. The highest BCUT2D eigenvalue weighted by Crippen LogP contribution is 2.29. The maximum atomic E-state index is 10.8. The average Bonchev–Trinajstić information content (AvgIpc) is 3.03. The van der Waals surface area contributed by atoms with Gasteiger partial charge >= 0.3 is 5.97 Å². The Kier molecular flexibility index (Phi) is 3.61. The molecule has 1 aromatic carbocycles. The molecule has 4 heteroatoms. The fourth-order valence-electron chi connectivity index (χ4n) is 1.77. The summed E-state index contributed by atoms with van der Waals surface area (Å²) in [5.41, 5.74) is 1.15. The number of carbonyl (C=O) groups is 1. The molecule has 0 atom stereocenters. The van der Waals surface area contributed by atoms with E-state index >= 15 is 0 Å². The Morgan fingerprint density at radius 3 is 2.69 bits per heavy atom. The van der Waals surface area contributed by atoms with E-state index in [-0.39, 0.29) is 6.54 Å². The molecule has 86 valence electrons. The molecule has 0 amide bonds. The zero-order valence-corrected chi connectivity index (χ0v) is 10.5. The number of halogens is 1. The number of rotatable bonds is 5. The van der Waals surface area contributed by atoms with Crippen molar-refractivity contribution in [3.8, 4) is 0 Å². The van der Waals surface area contributed by atoms with Gasteiger partial charge in [0.1, 0.15) is 0 Å². The molecule has 1 aromatic rings. The highest BCUT2D eigenvalue weighted by molar-refractivity contribution is 9.10. The quantitative estimate of drug-likeness (QED) is 0.903. The summed E-state index contributed by atoms with van der Waals surface area (Å²) in [6.07, 6.45) is 2.25. The van der Waals surface area contributed by atoms with E-state index in [0.717, 1.165) is 22.9 Å². The number of carboxylic acids is 1. The Morgan fingerprint density at radius 2 is 2.12 bits per heavy atom. The zero-order valence-electron chi connectivity index (χ0n) is 8.90. The van der Waals surface area contributed by atoms with Gasteiger partial charge < -0.3 is 5.11 Å². The highest BCUT2D eigenvalue weighted by atomic mass is 79.9. The molecule has 0 saturated heterocycles. The van der Waals surface area contributed by atoms with Crippen LogP contribution in [0.25, 0.3) is 0 Å². The molecule has 2 rings (SSSR count). The van der Waals surface area contributed by atoms with Crippen molar-refractivity contribution < 1.29 is 9.90 Å². The van der Waals surface area contributed by atoms with Crippen LogP contribution in [-0.2, 0) is 11.3 Å². The third kappa shape index (κ3) is 3.06. The Morgan fingerprint density at radius 1 is 1.44 bits per heavy atom. The van der Waals surface area contributed by atoms with E-state index in [0.29, 0.717) is 12.6 Å². The molecule has 1 aliphatic carbocycles. The molecule has 16 heavy (non-hydrogen) atoms. The summed E-state index contributed by atoms with van der Waals surface area (Å²) in [5.74, 6) is -0.751. The van der Waals surface area contributed by atoms with Crippen LogP contribution in [-0.4, -0.2) is 28.6 Å². The van der Waals surface area contributed by atoms with Crippen molar-refractivity contribution in [1.29, 1.82) is 0 Å². The Balaban J connectivity index is 2.05. The molecule has 3 nitrogen and oxygen atoms in total. The van der Waals surface area contributed by atoms with Crippen molar-refractivity contribution in [3.63, 3.8) is 0 Å². The van der Waals surface area contributed by atoms with Gasteiger partial charge in [0.25, 0.3) is 0 Å². The van der Waals surface area contributed by atoms with E-state index < -0.39 is 5.97 Å². The molecule has 1 N–H and O–H groups in total. The number of carboxylic acid groups (broad SMARTS) is 1. The van der Waals surface area contributed by atoms with Crippen molar-refractivity contribution >= 4 is 21.9 Å². The molecular weight excluding hydrogens is 270 g/mol. The van der Waals surface area contributed by atoms with Gasteiger partial charge in [0, 0.05) is 17.1 Å². The van der Waals surface area contributed by atoms with Gasteiger partial charge in [-0.15, -0.1) is 0 Å². The molecule has 1 fully saturated rings.